The number of hydrogen-bond donors (Lipinski definition) is 0. The van der Waals surface area contributed by atoms with Gasteiger partial charge in [0.25, 0.3) is 0 Å². The molecule has 0 aliphatic heterocycles. The number of unbranched alkanes of at least 4 members (excludes halogenated alkanes) is 40. The van der Waals surface area contributed by atoms with Gasteiger partial charge in [-0.1, -0.05) is 288 Å². The molecular weight excluding hydrogens is 901 g/mol. The molecule has 0 N–H and O–H groups in total. The van der Waals surface area contributed by atoms with E-state index in [1.807, 2.05) is 0 Å². The minimum absolute atomic E-state index is 0.0711. The molecular formula is C67H122O6. The van der Waals surface area contributed by atoms with Crippen molar-refractivity contribution in [3.05, 3.63) is 48.6 Å². The van der Waals surface area contributed by atoms with E-state index in [0.29, 0.717) is 19.3 Å². The minimum atomic E-state index is -0.772. The lowest BCUT2D eigenvalue weighted by atomic mass is 10.0. The summed E-state index contributed by atoms with van der Waals surface area (Å²) in [7, 11) is 0. The fourth-order valence-corrected chi connectivity index (χ4v) is 9.45. The SMILES string of the molecule is CCCCCCC/C=C\C/C=C\CCCCCCCCCCCCCC(=O)OCC(COC(=O)CCCCCCCCCCC)OC(=O)CCCCCCCCCCCCC/C=C\C/C=C\CCCCCCC. The van der Waals surface area contributed by atoms with Crippen LogP contribution in [0.25, 0.3) is 0 Å². The Morgan fingerprint density at radius 1 is 0.274 bits per heavy atom. The molecule has 1 atom stereocenters. The summed E-state index contributed by atoms with van der Waals surface area (Å²) in [6.45, 7) is 6.64. The predicted molar refractivity (Wildman–Crippen MR) is 316 cm³/mol. The Balaban J connectivity index is 4.20. The van der Waals surface area contributed by atoms with E-state index in [2.05, 4.69) is 69.4 Å². The average Bonchev–Trinajstić information content (AvgIpc) is 3.39. The van der Waals surface area contributed by atoms with Gasteiger partial charge in [-0.05, 0) is 83.5 Å². The van der Waals surface area contributed by atoms with Gasteiger partial charge in [-0.25, -0.2) is 0 Å². The first-order chi connectivity index (χ1) is 36.0. The molecule has 0 saturated carbocycles. The maximum Gasteiger partial charge on any atom is 0.306 e. The summed E-state index contributed by atoms with van der Waals surface area (Å²) in [4.78, 5) is 38.2. The Labute approximate surface area is 454 Å². The van der Waals surface area contributed by atoms with Crippen LogP contribution in [0.5, 0.6) is 0 Å². The molecule has 0 rings (SSSR count). The second kappa shape index (κ2) is 61.9. The number of esters is 3. The third-order valence-electron chi connectivity index (χ3n) is 14.3. The topological polar surface area (TPSA) is 78.9 Å². The summed E-state index contributed by atoms with van der Waals surface area (Å²) >= 11 is 0. The highest BCUT2D eigenvalue weighted by atomic mass is 16.6. The summed E-state index contributed by atoms with van der Waals surface area (Å²) in [5.41, 5.74) is 0. The van der Waals surface area contributed by atoms with E-state index in [9.17, 15) is 14.4 Å². The smallest absolute Gasteiger partial charge is 0.306 e. The quantitative estimate of drug-likeness (QED) is 0.0261. The number of carbonyl (C=O) groups excluding carboxylic acids is 3. The molecule has 0 amide bonds. The second-order valence-electron chi connectivity index (χ2n) is 21.7. The monoisotopic (exact) mass is 1020 g/mol. The van der Waals surface area contributed by atoms with Crippen molar-refractivity contribution in [1.29, 1.82) is 0 Å². The van der Waals surface area contributed by atoms with E-state index in [0.717, 1.165) is 70.6 Å². The van der Waals surface area contributed by atoms with Gasteiger partial charge < -0.3 is 14.2 Å². The lowest BCUT2D eigenvalue weighted by Gasteiger charge is -2.18. The molecule has 0 aromatic carbocycles. The summed E-state index contributed by atoms with van der Waals surface area (Å²) in [5, 5.41) is 0. The van der Waals surface area contributed by atoms with Crippen LogP contribution in [0.1, 0.15) is 342 Å². The van der Waals surface area contributed by atoms with Gasteiger partial charge >= 0.3 is 17.9 Å². The van der Waals surface area contributed by atoms with Gasteiger partial charge in [-0.3, -0.25) is 14.4 Å². The first-order valence-corrected chi connectivity index (χ1v) is 32.1. The van der Waals surface area contributed by atoms with E-state index >= 15 is 0 Å². The van der Waals surface area contributed by atoms with Gasteiger partial charge in [0.1, 0.15) is 13.2 Å². The second-order valence-corrected chi connectivity index (χ2v) is 21.7. The number of hydrogen-bond acceptors (Lipinski definition) is 6. The van der Waals surface area contributed by atoms with Gasteiger partial charge in [0.05, 0.1) is 0 Å². The summed E-state index contributed by atoms with van der Waals surface area (Å²) in [6.07, 6.45) is 77.0. The Morgan fingerprint density at radius 3 is 0.753 bits per heavy atom. The molecule has 0 aromatic heterocycles. The van der Waals surface area contributed by atoms with Crippen molar-refractivity contribution in [3.63, 3.8) is 0 Å². The van der Waals surface area contributed by atoms with E-state index in [4.69, 9.17) is 14.2 Å². The molecule has 0 radical (unpaired) electrons. The van der Waals surface area contributed by atoms with Crippen LogP contribution in [-0.2, 0) is 28.6 Å². The number of rotatable bonds is 59. The van der Waals surface area contributed by atoms with Crippen LogP contribution in [0, 0.1) is 0 Å². The van der Waals surface area contributed by atoms with Gasteiger partial charge in [0.15, 0.2) is 6.10 Å². The standard InChI is InChI=1S/C67H122O6/c1-4-7-10-13-16-19-21-23-25-27-29-31-33-35-37-39-41-43-45-48-51-54-57-60-66(69)72-63-64(62-71-65(68)59-56-53-50-47-18-15-12-9-6-3)73-67(70)61-58-55-52-49-46-44-42-40-38-36-34-32-30-28-26-24-22-20-17-14-11-8-5-2/h21-24,27-30,64H,4-20,25-26,31-63H2,1-3H3/b23-21-,24-22-,29-27-,30-28-. The van der Waals surface area contributed by atoms with Crippen molar-refractivity contribution in [2.24, 2.45) is 0 Å². The zero-order valence-corrected chi connectivity index (χ0v) is 48.9. The highest BCUT2D eigenvalue weighted by molar-refractivity contribution is 5.71. The van der Waals surface area contributed by atoms with E-state index in [1.165, 1.54) is 231 Å². The Hall–Kier alpha value is -2.63. The summed E-state index contributed by atoms with van der Waals surface area (Å²) in [6, 6.07) is 0. The molecule has 0 aromatic rings. The van der Waals surface area contributed by atoms with Crippen LogP contribution in [0.4, 0.5) is 0 Å². The Kier molecular flexibility index (Phi) is 59.7. The largest absolute Gasteiger partial charge is 0.462 e. The van der Waals surface area contributed by atoms with Crippen LogP contribution in [0.15, 0.2) is 48.6 Å². The van der Waals surface area contributed by atoms with E-state index < -0.39 is 6.10 Å². The average molecular weight is 1020 g/mol. The van der Waals surface area contributed by atoms with Gasteiger partial charge in [0.2, 0.25) is 0 Å². The first kappa shape index (κ1) is 70.4. The molecule has 426 valence electrons. The molecule has 0 aliphatic rings. The fourth-order valence-electron chi connectivity index (χ4n) is 9.45. The van der Waals surface area contributed by atoms with Crippen molar-refractivity contribution < 1.29 is 28.6 Å². The van der Waals surface area contributed by atoms with Crippen LogP contribution >= 0.6 is 0 Å². The zero-order valence-electron chi connectivity index (χ0n) is 48.9. The molecule has 0 bridgehead atoms. The third kappa shape index (κ3) is 60.1. The number of carbonyl (C=O) groups is 3. The molecule has 6 heteroatoms. The lowest BCUT2D eigenvalue weighted by Crippen LogP contribution is -2.30. The van der Waals surface area contributed by atoms with Crippen molar-refractivity contribution >= 4 is 17.9 Å². The normalized spacial score (nSPS) is 12.3. The molecule has 0 spiro atoms. The molecule has 6 nitrogen and oxygen atoms in total. The van der Waals surface area contributed by atoms with Crippen LogP contribution in [0.3, 0.4) is 0 Å². The van der Waals surface area contributed by atoms with Crippen LogP contribution < -0.4 is 0 Å². The molecule has 0 aliphatic carbocycles. The van der Waals surface area contributed by atoms with Gasteiger partial charge in [-0.2, -0.15) is 0 Å². The summed E-state index contributed by atoms with van der Waals surface area (Å²) in [5.74, 6) is -0.859. The maximum atomic E-state index is 12.9. The van der Waals surface area contributed by atoms with Crippen LogP contribution in [-0.4, -0.2) is 37.2 Å². The highest BCUT2D eigenvalue weighted by Crippen LogP contribution is 2.17. The zero-order chi connectivity index (χ0) is 52.9. The molecule has 0 heterocycles. The van der Waals surface area contributed by atoms with Crippen LogP contribution in [0.2, 0.25) is 0 Å². The first-order valence-electron chi connectivity index (χ1n) is 32.1. The summed E-state index contributed by atoms with van der Waals surface area (Å²) < 4.78 is 16.9. The molecule has 1 unspecified atom stereocenters. The maximum absolute atomic E-state index is 12.9. The van der Waals surface area contributed by atoms with Crippen molar-refractivity contribution in [2.75, 3.05) is 13.2 Å². The van der Waals surface area contributed by atoms with Crippen molar-refractivity contribution in [2.45, 2.75) is 348 Å². The van der Waals surface area contributed by atoms with Gasteiger partial charge in [0, 0.05) is 19.3 Å². The Bertz CT molecular complexity index is 1270. The number of allylic oxidation sites excluding steroid dienone is 8. The fraction of sp³-hybridized carbons (Fsp3) is 0.836. The third-order valence-corrected chi connectivity index (χ3v) is 14.3. The lowest BCUT2D eigenvalue weighted by molar-refractivity contribution is -0.167. The van der Waals surface area contributed by atoms with E-state index in [-0.39, 0.29) is 31.1 Å². The van der Waals surface area contributed by atoms with E-state index in [1.54, 1.807) is 0 Å². The highest BCUT2D eigenvalue weighted by Gasteiger charge is 2.19. The Morgan fingerprint density at radius 2 is 0.493 bits per heavy atom. The van der Waals surface area contributed by atoms with Crippen molar-refractivity contribution in [1.82, 2.24) is 0 Å². The molecule has 0 fully saturated rings. The number of ether oxygens (including phenoxy) is 3. The molecule has 73 heavy (non-hydrogen) atoms. The molecule has 0 saturated heterocycles. The van der Waals surface area contributed by atoms with Gasteiger partial charge in [-0.15, -0.1) is 0 Å². The van der Waals surface area contributed by atoms with Crippen molar-refractivity contribution in [3.8, 4) is 0 Å². The predicted octanol–water partition coefficient (Wildman–Crippen LogP) is 21.8. The minimum Gasteiger partial charge on any atom is -0.462 e.